The van der Waals surface area contributed by atoms with Gasteiger partial charge in [-0.3, -0.25) is 14.5 Å². The molecule has 0 radical (unpaired) electrons. The third kappa shape index (κ3) is 2.29. The summed E-state index contributed by atoms with van der Waals surface area (Å²) in [5, 5.41) is 8.65. The number of likely N-dealkylation sites (tertiary alicyclic amines) is 1. The molecule has 1 aliphatic carbocycles. The molecule has 1 N–H and O–H groups in total. The molecule has 19 heavy (non-hydrogen) atoms. The van der Waals surface area contributed by atoms with Crippen LogP contribution in [-0.4, -0.2) is 28.4 Å². The molecular formula is C14H13NO3S. The summed E-state index contributed by atoms with van der Waals surface area (Å²) in [5.74, 6) is 5.71. The Morgan fingerprint density at radius 3 is 2.74 bits per heavy atom. The molecule has 0 aromatic carbocycles. The Morgan fingerprint density at radius 1 is 1.32 bits per heavy atom. The molecule has 2 unspecified atom stereocenters. The van der Waals surface area contributed by atoms with Crippen molar-refractivity contribution in [3.8, 4) is 11.8 Å². The summed E-state index contributed by atoms with van der Waals surface area (Å²) < 4.78 is 0. The number of carbonyl (C=O) groups is 2. The first-order chi connectivity index (χ1) is 9.20. The third-order valence-corrected chi connectivity index (χ3v) is 4.37. The first-order valence-corrected chi connectivity index (χ1v) is 7.06. The molecule has 1 aromatic heterocycles. The van der Waals surface area contributed by atoms with Crippen LogP contribution in [-0.2, 0) is 16.1 Å². The van der Waals surface area contributed by atoms with Gasteiger partial charge in [-0.2, -0.15) is 0 Å². The average Bonchev–Trinajstić information content (AvgIpc) is 3.02. The molecule has 1 aliphatic heterocycles. The summed E-state index contributed by atoms with van der Waals surface area (Å²) in [4.78, 5) is 26.9. The van der Waals surface area contributed by atoms with Gasteiger partial charge in [-0.05, 0) is 18.6 Å². The second kappa shape index (κ2) is 4.80. The van der Waals surface area contributed by atoms with Gasteiger partial charge in [-0.15, -0.1) is 11.3 Å². The maximum absolute atomic E-state index is 11.8. The Hall–Kier alpha value is -1.64. The van der Waals surface area contributed by atoms with Gasteiger partial charge in [0.15, 0.2) is 0 Å². The van der Waals surface area contributed by atoms with Crippen molar-refractivity contribution in [1.82, 2.24) is 4.90 Å². The van der Waals surface area contributed by atoms with E-state index in [2.05, 4.69) is 11.8 Å². The van der Waals surface area contributed by atoms with E-state index in [0.29, 0.717) is 13.0 Å². The fourth-order valence-corrected chi connectivity index (χ4v) is 3.17. The number of rotatable bonds is 3. The summed E-state index contributed by atoms with van der Waals surface area (Å²) in [5.41, 5.74) is 0. The number of carbonyl (C=O) groups excluding carboxylic acids is 2. The molecule has 1 saturated carbocycles. The second-order valence-electron chi connectivity index (χ2n) is 4.75. The Bertz CT molecular complexity index is 575. The number of fused-ring (bicyclic) bond motifs is 1. The second-order valence-corrected chi connectivity index (χ2v) is 5.92. The van der Waals surface area contributed by atoms with Crippen LogP contribution in [0.5, 0.6) is 0 Å². The fraction of sp³-hybridized carbons (Fsp3) is 0.429. The lowest BCUT2D eigenvalue weighted by molar-refractivity contribution is -0.141. The van der Waals surface area contributed by atoms with Crippen molar-refractivity contribution in [3.63, 3.8) is 0 Å². The zero-order valence-corrected chi connectivity index (χ0v) is 11.1. The highest BCUT2D eigenvalue weighted by Crippen LogP contribution is 2.47. The van der Waals surface area contributed by atoms with Crippen LogP contribution in [0, 0.1) is 23.7 Å². The van der Waals surface area contributed by atoms with E-state index in [1.54, 1.807) is 0 Å². The van der Waals surface area contributed by atoms with Crippen LogP contribution in [0.3, 0.4) is 0 Å². The molecule has 2 heterocycles. The number of thiophene rings is 1. The maximum atomic E-state index is 11.8. The average molecular weight is 275 g/mol. The molecular weight excluding hydrogens is 262 g/mol. The molecule has 2 amide bonds. The van der Waals surface area contributed by atoms with Crippen molar-refractivity contribution in [3.05, 3.63) is 21.9 Å². The van der Waals surface area contributed by atoms with Gasteiger partial charge in [0.05, 0.1) is 29.9 Å². The van der Waals surface area contributed by atoms with E-state index < -0.39 is 0 Å². The quantitative estimate of drug-likeness (QED) is 0.661. The van der Waals surface area contributed by atoms with Gasteiger partial charge in [0.1, 0.15) is 0 Å². The monoisotopic (exact) mass is 275 g/mol. The number of aliphatic hydroxyl groups is 1. The van der Waals surface area contributed by atoms with Gasteiger partial charge < -0.3 is 5.11 Å². The molecule has 2 atom stereocenters. The van der Waals surface area contributed by atoms with Crippen molar-refractivity contribution in [2.45, 2.75) is 19.4 Å². The lowest BCUT2D eigenvalue weighted by Gasteiger charge is -2.14. The molecule has 2 aliphatic rings. The Labute approximate surface area is 115 Å². The van der Waals surface area contributed by atoms with Crippen LogP contribution >= 0.6 is 11.3 Å². The van der Waals surface area contributed by atoms with Crippen LogP contribution < -0.4 is 0 Å². The summed E-state index contributed by atoms with van der Waals surface area (Å²) in [6.07, 6.45) is 1.20. The highest BCUT2D eigenvalue weighted by atomic mass is 32.1. The van der Waals surface area contributed by atoms with E-state index in [0.717, 1.165) is 16.2 Å². The van der Waals surface area contributed by atoms with Gasteiger partial charge in [0.2, 0.25) is 11.8 Å². The van der Waals surface area contributed by atoms with Gasteiger partial charge in [0.25, 0.3) is 0 Å². The smallest absolute Gasteiger partial charge is 0.233 e. The minimum absolute atomic E-state index is 0.0173. The SMILES string of the molecule is O=C1C2CC2C(=O)N1Cc1ccc(C#CCCO)s1. The molecule has 4 nitrogen and oxygen atoms in total. The van der Waals surface area contributed by atoms with Crippen LogP contribution in [0.2, 0.25) is 0 Å². The van der Waals surface area contributed by atoms with Crippen molar-refractivity contribution in [1.29, 1.82) is 0 Å². The highest BCUT2D eigenvalue weighted by molar-refractivity contribution is 7.12. The molecule has 98 valence electrons. The lowest BCUT2D eigenvalue weighted by atomic mass is 10.3. The van der Waals surface area contributed by atoms with E-state index >= 15 is 0 Å². The van der Waals surface area contributed by atoms with E-state index in [9.17, 15) is 9.59 Å². The summed E-state index contributed by atoms with van der Waals surface area (Å²) in [6, 6.07) is 3.79. The normalized spacial score (nSPS) is 24.2. The lowest BCUT2D eigenvalue weighted by Crippen LogP contribution is -2.31. The number of imide groups is 1. The van der Waals surface area contributed by atoms with Gasteiger partial charge >= 0.3 is 0 Å². The molecule has 0 spiro atoms. The van der Waals surface area contributed by atoms with Crippen LogP contribution in [0.15, 0.2) is 12.1 Å². The van der Waals surface area contributed by atoms with Gasteiger partial charge in [0, 0.05) is 11.3 Å². The minimum Gasteiger partial charge on any atom is -0.395 e. The largest absolute Gasteiger partial charge is 0.395 e. The van der Waals surface area contributed by atoms with Crippen molar-refractivity contribution >= 4 is 23.2 Å². The number of piperidine rings is 1. The predicted molar refractivity (Wildman–Crippen MR) is 70.1 cm³/mol. The molecule has 5 heteroatoms. The third-order valence-electron chi connectivity index (χ3n) is 3.38. The zero-order chi connectivity index (χ0) is 13.4. The van der Waals surface area contributed by atoms with Crippen molar-refractivity contribution in [2.75, 3.05) is 6.61 Å². The van der Waals surface area contributed by atoms with Gasteiger partial charge in [-0.25, -0.2) is 0 Å². The molecule has 0 bridgehead atoms. The molecule has 1 saturated heterocycles. The van der Waals surface area contributed by atoms with Gasteiger partial charge in [-0.1, -0.05) is 11.8 Å². The Kier molecular flexibility index (Phi) is 3.13. The summed E-state index contributed by atoms with van der Waals surface area (Å²) >= 11 is 1.49. The van der Waals surface area contributed by atoms with Crippen LogP contribution in [0.25, 0.3) is 0 Å². The number of nitrogens with zero attached hydrogens (tertiary/aromatic N) is 1. The van der Waals surface area contributed by atoms with Crippen molar-refractivity contribution < 1.29 is 14.7 Å². The minimum atomic E-state index is -0.0312. The number of hydrogen-bond donors (Lipinski definition) is 1. The van der Waals surface area contributed by atoms with E-state index in [1.807, 2.05) is 12.1 Å². The van der Waals surface area contributed by atoms with Crippen LogP contribution in [0.1, 0.15) is 22.6 Å². The van der Waals surface area contributed by atoms with Crippen molar-refractivity contribution in [2.24, 2.45) is 11.8 Å². The molecule has 3 rings (SSSR count). The summed E-state index contributed by atoms with van der Waals surface area (Å²) in [6.45, 7) is 0.432. The number of amides is 2. The highest BCUT2D eigenvalue weighted by Gasteiger charge is 2.58. The standard InChI is InChI=1S/C14H13NO3S/c16-6-2-1-3-9-4-5-10(19-9)8-15-13(17)11-7-12(11)14(15)18/h4-5,11-12,16H,2,6-8H2. The van der Waals surface area contributed by atoms with E-state index in [1.165, 1.54) is 16.2 Å². The summed E-state index contributed by atoms with van der Waals surface area (Å²) in [7, 11) is 0. The van der Waals surface area contributed by atoms with E-state index in [4.69, 9.17) is 5.11 Å². The van der Waals surface area contributed by atoms with Crippen LogP contribution in [0.4, 0.5) is 0 Å². The molecule has 2 fully saturated rings. The predicted octanol–water partition coefficient (Wildman–Crippen LogP) is 0.987. The molecule has 1 aromatic rings. The fourth-order valence-electron chi connectivity index (χ4n) is 2.30. The Morgan fingerprint density at radius 2 is 2.05 bits per heavy atom. The Balaban J connectivity index is 1.66. The zero-order valence-electron chi connectivity index (χ0n) is 10.3. The first-order valence-electron chi connectivity index (χ1n) is 6.24. The topological polar surface area (TPSA) is 57.6 Å². The number of hydrogen-bond acceptors (Lipinski definition) is 4. The maximum Gasteiger partial charge on any atom is 0.233 e. The van der Waals surface area contributed by atoms with E-state index in [-0.39, 0.29) is 30.3 Å². The number of aliphatic hydroxyl groups excluding tert-OH is 1. The first kappa shape index (κ1) is 12.4.